The Labute approximate surface area is 125 Å². The molecule has 2 rings (SSSR count). The van der Waals surface area contributed by atoms with Gasteiger partial charge >= 0.3 is 0 Å². The quantitative estimate of drug-likeness (QED) is 0.560. The summed E-state index contributed by atoms with van der Waals surface area (Å²) in [6.45, 7) is 5.00. The summed E-state index contributed by atoms with van der Waals surface area (Å²) in [4.78, 5) is 2.08. The van der Waals surface area contributed by atoms with Crippen LogP contribution in [0.3, 0.4) is 0 Å². The van der Waals surface area contributed by atoms with Crippen molar-refractivity contribution in [1.29, 1.82) is 5.41 Å². The van der Waals surface area contributed by atoms with Crippen LogP contribution in [-0.4, -0.2) is 40.3 Å². The second-order valence-electron chi connectivity index (χ2n) is 5.47. The summed E-state index contributed by atoms with van der Waals surface area (Å²) in [6.07, 6.45) is 4.66. The lowest BCUT2D eigenvalue weighted by molar-refractivity contribution is 0.239. The third-order valence-electron chi connectivity index (χ3n) is 4.21. The van der Waals surface area contributed by atoms with Gasteiger partial charge in [-0.25, -0.2) is 0 Å². The molecule has 1 aliphatic rings. The zero-order valence-corrected chi connectivity index (χ0v) is 12.9. The van der Waals surface area contributed by atoms with Crippen LogP contribution in [0, 0.1) is 5.41 Å². The average molecular weight is 291 g/mol. The molecular weight excluding hydrogens is 266 g/mol. The first-order valence-electron chi connectivity index (χ1n) is 7.74. The summed E-state index contributed by atoms with van der Waals surface area (Å²) >= 11 is 0. The van der Waals surface area contributed by atoms with Gasteiger partial charge < -0.3 is 15.7 Å². The predicted molar refractivity (Wildman–Crippen MR) is 83.9 cm³/mol. The van der Waals surface area contributed by atoms with Crippen LogP contribution in [-0.2, 0) is 12.8 Å². The van der Waals surface area contributed by atoms with Gasteiger partial charge in [-0.3, -0.25) is 5.41 Å². The second kappa shape index (κ2) is 6.85. The number of nitrogens with two attached hydrogens (primary N) is 1. The molecule has 0 aromatic carbocycles. The maximum Gasteiger partial charge on any atom is 0.162 e. The number of piperidine rings is 1. The number of amidine groups is 1. The lowest BCUT2D eigenvalue weighted by atomic mass is 9.98. The molecule has 0 saturated carbocycles. The van der Waals surface area contributed by atoms with E-state index in [0.717, 1.165) is 49.9 Å². The fourth-order valence-corrected chi connectivity index (χ4v) is 3.12. The molecule has 0 amide bonds. The first-order chi connectivity index (χ1) is 10.1. The molecule has 6 nitrogen and oxygen atoms in total. The first kappa shape index (κ1) is 15.7. The summed E-state index contributed by atoms with van der Waals surface area (Å²) < 4.78 is 0. The number of hydrogen-bond donors (Lipinski definition) is 3. The van der Waals surface area contributed by atoms with Crippen molar-refractivity contribution >= 4 is 11.7 Å². The molecule has 1 unspecified atom stereocenters. The van der Waals surface area contributed by atoms with Gasteiger partial charge in [0.05, 0.1) is 23.9 Å². The summed E-state index contributed by atoms with van der Waals surface area (Å²) in [5, 5.41) is 26.2. The van der Waals surface area contributed by atoms with Gasteiger partial charge in [-0.2, -0.15) is 5.10 Å². The lowest BCUT2D eigenvalue weighted by Gasteiger charge is -2.36. The van der Waals surface area contributed by atoms with E-state index in [1.807, 2.05) is 13.8 Å². The SMILES string of the molecule is CCc1nnc(N2CCCCC2CO)c(C(=N)N)c1CC. The third kappa shape index (κ3) is 3.00. The molecule has 4 N–H and O–H groups in total. The van der Waals surface area contributed by atoms with Gasteiger partial charge in [-0.05, 0) is 37.7 Å². The van der Waals surface area contributed by atoms with E-state index in [1.165, 1.54) is 0 Å². The number of nitrogen functional groups attached to an aromatic ring is 1. The molecule has 1 aromatic rings. The van der Waals surface area contributed by atoms with Gasteiger partial charge in [-0.15, -0.1) is 5.10 Å². The molecule has 0 bridgehead atoms. The van der Waals surface area contributed by atoms with Crippen LogP contribution in [0.5, 0.6) is 0 Å². The van der Waals surface area contributed by atoms with E-state index >= 15 is 0 Å². The number of aryl methyl sites for hydroxylation is 1. The standard InChI is InChI=1S/C15H25N5O/c1-3-11-12(4-2)18-19-15(13(11)14(16)17)20-8-6-5-7-10(20)9-21/h10,21H,3-9H2,1-2H3,(H3,16,17). The van der Waals surface area contributed by atoms with E-state index in [1.54, 1.807) is 0 Å². The van der Waals surface area contributed by atoms with Crippen LogP contribution >= 0.6 is 0 Å². The number of rotatable bonds is 5. The van der Waals surface area contributed by atoms with Crippen LogP contribution in [0.2, 0.25) is 0 Å². The van der Waals surface area contributed by atoms with E-state index in [0.29, 0.717) is 11.4 Å². The monoisotopic (exact) mass is 291 g/mol. The van der Waals surface area contributed by atoms with Gasteiger partial charge in [0.25, 0.3) is 0 Å². The van der Waals surface area contributed by atoms with E-state index in [2.05, 4.69) is 15.1 Å². The molecule has 2 heterocycles. The number of nitrogens with zero attached hydrogens (tertiary/aromatic N) is 3. The second-order valence-corrected chi connectivity index (χ2v) is 5.47. The highest BCUT2D eigenvalue weighted by Crippen LogP contribution is 2.28. The normalized spacial score (nSPS) is 18.8. The zero-order valence-electron chi connectivity index (χ0n) is 12.9. The van der Waals surface area contributed by atoms with Gasteiger partial charge in [0.1, 0.15) is 5.84 Å². The Morgan fingerprint density at radius 3 is 2.67 bits per heavy atom. The van der Waals surface area contributed by atoms with Gasteiger partial charge in [0, 0.05) is 6.54 Å². The van der Waals surface area contributed by atoms with Crippen LogP contribution in [0.25, 0.3) is 0 Å². The van der Waals surface area contributed by atoms with Gasteiger partial charge in [0.15, 0.2) is 5.82 Å². The number of hydrogen-bond acceptors (Lipinski definition) is 5. The van der Waals surface area contributed by atoms with Crippen LogP contribution in [0.4, 0.5) is 5.82 Å². The predicted octanol–water partition coefficient (Wildman–Crippen LogP) is 1.24. The third-order valence-corrected chi connectivity index (χ3v) is 4.21. The van der Waals surface area contributed by atoms with Crippen molar-refractivity contribution in [2.45, 2.75) is 52.0 Å². The highest BCUT2D eigenvalue weighted by molar-refractivity contribution is 6.01. The van der Waals surface area contributed by atoms with E-state index in [9.17, 15) is 5.11 Å². The number of aliphatic hydroxyl groups excluding tert-OH is 1. The number of nitrogens with one attached hydrogen (secondary N) is 1. The van der Waals surface area contributed by atoms with Crippen molar-refractivity contribution in [3.63, 3.8) is 0 Å². The van der Waals surface area contributed by atoms with Crippen molar-refractivity contribution in [3.05, 3.63) is 16.8 Å². The molecular formula is C15H25N5O. The van der Waals surface area contributed by atoms with Crippen LogP contribution < -0.4 is 10.6 Å². The fourth-order valence-electron chi connectivity index (χ4n) is 3.12. The first-order valence-corrected chi connectivity index (χ1v) is 7.74. The molecule has 1 atom stereocenters. The number of aliphatic hydroxyl groups is 1. The summed E-state index contributed by atoms with van der Waals surface area (Å²) in [5.41, 5.74) is 8.45. The Kier molecular flexibility index (Phi) is 5.12. The Morgan fingerprint density at radius 1 is 1.33 bits per heavy atom. The Morgan fingerprint density at radius 2 is 2.10 bits per heavy atom. The molecule has 6 heteroatoms. The molecule has 0 radical (unpaired) electrons. The highest BCUT2D eigenvalue weighted by Gasteiger charge is 2.28. The molecule has 0 aliphatic carbocycles. The fraction of sp³-hybridized carbons (Fsp3) is 0.667. The summed E-state index contributed by atoms with van der Waals surface area (Å²) in [5.74, 6) is 0.698. The Hall–Kier alpha value is -1.69. The van der Waals surface area contributed by atoms with Crippen LogP contribution in [0.1, 0.15) is 49.9 Å². The minimum Gasteiger partial charge on any atom is -0.394 e. The molecule has 1 saturated heterocycles. The van der Waals surface area contributed by atoms with Crippen LogP contribution in [0.15, 0.2) is 0 Å². The smallest absolute Gasteiger partial charge is 0.162 e. The van der Waals surface area contributed by atoms with Crippen molar-refractivity contribution < 1.29 is 5.11 Å². The molecule has 0 spiro atoms. The van der Waals surface area contributed by atoms with E-state index in [-0.39, 0.29) is 18.5 Å². The molecule has 21 heavy (non-hydrogen) atoms. The van der Waals surface area contributed by atoms with Crippen molar-refractivity contribution in [1.82, 2.24) is 10.2 Å². The Balaban J connectivity index is 2.54. The van der Waals surface area contributed by atoms with E-state index < -0.39 is 0 Å². The molecule has 116 valence electrons. The topological polar surface area (TPSA) is 99.1 Å². The highest BCUT2D eigenvalue weighted by atomic mass is 16.3. The Bertz CT molecular complexity index is 517. The summed E-state index contributed by atoms with van der Waals surface area (Å²) in [7, 11) is 0. The summed E-state index contributed by atoms with van der Waals surface area (Å²) in [6, 6.07) is 0.0448. The maximum absolute atomic E-state index is 9.60. The van der Waals surface area contributed by atoms with Crippen molar-refractivity contribution in [2.24, 2.45) is 5.73 Å². The number of aromatic nitrogens is 2. The maximum atomic E-state index is 9.60. The van der Waals surface area contributed by atoms with Crippen molar-refractivity contribution in [3.8, 4) is 0 Å². The van der Waals surface area contributed by atoms with Gasteiger partial charge in [-0.1, -0.05) is 13.8 Å². The van der Waals surface area contributed by atoms with E-state index in [4.69, 9.17) is 11.1 Å². The molecule has 1 aromatic heterocycles. The zero-order chi connectivity index (χ0) is 15.4. The average Bonchev–Trinajstić information content (AvgIpc) is 2.52. The lowest BCUT2D eigenvalue weighted by Crippen LogP contribution is -2.44. The minimum atomic E-state index is 0.0358. The van der Waals surface area contributed by atoms with Gasteiger partial charge in [0.2, 0.25) is 0 Å². The number of anilines is 1. The molecule has 1 aliphatic heterocycles. The minimum absolute atomic E-state index is 0.0358. The molecule has 1 fully saturated rings. The van der Waals surface area contributed by atoms with Crippen molar-refractivity contribution in [2.75, 3.05) is 18.1 Å². The largest absolute Gasteiger partial charge is 0.394 e.